The second kappa shape index (κ2) is 7.57. The lowest BCUT2D eigenvalue weighted by molar-refractivity contribution is 0.0298. The molecule has 0 radical (unpaired) electrons. The molecular formula is C22H21N3O3S. The van der Waals surface area contributed by atoms with Gasteiger partial charge in [-0.05, 0) is 18.2 Å². The van der Waals surface area contributed by atoms with E-state index in [-0.39, 0.29) is 5.91 Å². The van der Waals surface area contributed by atoms with Crippen molar-refractivity contribution < 1.29 is 14.3 Å². The summed E-state index contributed by atoms with van der Waals surface area (Å²) < 4.78 is 12.7. The number of thioether (sulfide) groups is 1. The Morgan fingerprint density at radius 2 is 1.97 bits per heavy atom. The average molecular weight is 407 g/mol. The number of hydrogen-bond acceptors (Lipinski definition) is 5. The summed E-state index contributed by atoms with van der Waals surface area (Å²) in [7, 11) is 1.65. The summed E-state index contributed by atoms with van der Waals surface area (Å²) in [4.78, 5) is 16.4. The first-order chi connectivity index (χ1) is 14.3. The van der Waals surface area contributed by atoms with Crippen LogP contribution in [0.1, 0.15) is 16.1 Å². The summed E-state index contributed by atoms with van der Waals surface area (Å²) in [6.45, 7) is 2.34. The predicted octanol–water partition coefficient (Wildman–Crippen LogP) is 3.63. The number of amides is 1. The molecule has 2 aliphatic heterocycles. The van der Waals surface area contributed by atoms with Crippen LogP contribution in [0.5, 0.6) is 5.75 Å². The fraction of sp³-hybridized carbons (Fsp3) is 0.273. The van der Waals surface area contributed by atoms with Crippen LogP contribution < -0.4 is 4.74 Å². The fourth-order valence-corrected chi connectivity index (χ4v) is 4.89. The van der Waals surface area contributed by atoms with Crippen molar-refractivity contribution in [3.05, 3.63) is 59.8 Å². The largest absolute Gasteiger partial charge is 0.497 e. The van der Waals surface area contributed by atoms with Gasteiger partial charge in [0.2, 0.25) is 0 Å². The van der Waals surface area contributed by atoms with Gasteiger partial charge >= 0.3 is 0 Å². The standard InChI is InChI=1S/C22H21N3O3S/c1-27-16-6-4-5-15(13-16)25-21-17-7-2-3-8-19(17)29-14-18(21)20(23-25)22(26)24-9-11-28-12-10-24/h2-8,13H,9-12,14H2,1H3. The molecule has 2 aromatic carbocycles. The van der Waals surface area contributed by atoms with Crippen LogP contribution in [-0.2, 0) is 10.5 Å². The van der Waals surface area contributed by atoms with E-state index in [4.69, 9.17) is 14.6 Å². The summed E-state index contributed by atoms with van der Waals surface area (Å²) in [5.74, 6) is 1.46. The molecule has 0 unspecified atom stereocenters. The molecule has 0 atom stereocenters. The van der Waals surface area contributed by atoms with Gasteiger partial charge in [-0.2, -0.15) is 5.10 Å². The monoisotopic (exact) mass is 407 g/mol. The Kier molecular flexibility index (Phi) is 4.77. The van der Waals surface area contributed by atoms with Gasteiger partial charge in [-0.15, -0.1) is 11.8 Å². The van der Waals surface area contributed by atoms with Crippen LogP contribution in [0.25, 0.3) is 16.9 Å². The molecule has 6 nitrogen and oxygen atoms in total. The van der Waals surface area contributed by atoms with Crippen molar-refractivity contribution in [2.24, 2.45) is 0 Å². The average Bonchev–Trinajstić information content (AvgIpc) is 3.19. The van der Waals surface area contributed by atoms with Gasteiger partial charge in [0, 0.05) is 40.9 Å². The molecule has 1 saturated heterocycles. The number of rotatable bonds is 3. The van der Waals surface area contributed by atoms with Crippen LogP contribution >= 0.6 is 11.8 Å². The molecule has 3 heterocycles. The first-order valence-corrected chi connectivity index (χ1v) is 10.6. The Bertz CT molecular complexity index is 1070. The third-order valence-electron chi connectivity index (χ3n) is 5.30. The number of benzene rings is 2. The molecule has 1 aromatic heterocycles. The Morgan fingerprint density at radius 1 is 1.14 bits per heavy atom. The summed E-state index contributed by atoms with van der Waals surface area (Å²) in [6.07, 6.45) is 0. The Hall–Kier alpha value is -2.77. The summed E-state index contributed by atoms with van der Waals surface area (Å²) >= 11 is 1.75. The van der Waals surface area contributed by atoms with E-state index in [2.05, 4.69) is 12.1 Å². The number of hydrogen-bond donors (Lipinski definition) is 0. The van der Waals surface area contributed by atoms with Gasteiger partial charge in [-0.25, -0.2) is 4.68 Å². The molecule has 0 spiro atoms. The number of aromatic nitrogens is 2. The zero-order valence-electron chi connectivity index (χ0n) is 16.1. The quantitative estimate of drug-likeness (QED) is 0.664. The molecule has 148 valence electrons. The van der Waals surface area contributed by atoms with Gasteiger partial charge in [0.15, 0.2) is 5.69 Å². The summed E-state index contributed by atoms with van der Waals surface area (Å²) in [5.41, 5.74) is 4.50. The molecule has 1 amide bonds. The summed E-state index contributed by atoms with van der Waals surface area (Å²) in [6, 6.07) is 16.1. The van der Waals surface area contributed by atoms with Gasteiger partial charge < -0.3 is 14.4 Å². The van der Waals surface area contributed by atoms with Crippen LogP contribution in [0, 0.1) is 0 Å². The van der Waals surface area contributed by atoms with E-state index in [0.29, 0.717) is 32.0 Å². The maximum Gasteiger partial charge on any atom is 0.274 e. The lowest BCUT2D eigenvalue weighted by Gasteiger charge is -2.26. The highest BCUT2D eigenvalue weighted by Crippen LogP contribution is 2.44. The lowest BCUT2D eigenvalue weighted by atomic mass is 10.0. The van der Waals surface area contributed by atoms with E-state index >= 15 is 0 Å². The van der Waals surface area contributed by atoms with Crippen molar-refractivity contribution in [2.45, 2.75) is 10.6 Å². The highest BCUT2D eigenvalue weighted by Gasteiger charge is 2.31. The second-order valence-corrected chi connectivity index (χ2v) is 8.00. The number of carbonyl (C=O) groups is 1. The lowest BCUT2D eigenvalue weighted by Crippen LogP contribution is -2.41. The van der Waals surface area contributed by atoms with Crippen LogP contribution in [-0.4, -0.2) is 54.0 Å². The van der Waals surface area contributed by atoms with Crippen molar-refractivity contribution in [3.8, 4) is 22.7 Å². The zero-order valence-corrected chi connectivity index (χ0v) is 16.9. The van der Waals surface area contributed by atoms with E-state index in [1.165, 1.54) is 4.90 Å². The Morgan fingerprint density at radius 3 is 2.79 bits per heavy atom. The molecule has 3 aromatic rings. The third-order valence-corrected chi connectivity index (χ3v) is 6.40. The summed E-state index contributed by atoms with van der Waals surface area (Å²) in [5, 5.41) is 4.83. The number of methoxy groups -OCH3 is 1. The van der Waals surface area contributed by atoms with E-state index < -0.39 is 0 Å². The minimum atomic E-state index is -0.0221. The maximum atomic E-state index is 13.3. The molecule has 0 saturated carbocycles. The van der Waals surface area contributed by atoms with Gasteiger partial charge in [0.1, 0.15) is 5.75 Å². The minimum Gasteiger partial charge on any atom is -0.497 e. The van der Waals surface area contributed by atoms with E-state index in [1.54, 1.807) is 18.9 Å². The van der Waals surface area contributed by atoms with E-state index in [1.807, 2.05) is 46.0 Å². The highest BCUT2D eigenvalue weighted by atomic mass is 32.2. The topological polar surface area (TPSA) is 56.6 Å². The van der Waals surface area contributed by atoms with Crippen molar-refractivity contribution in [2.75, 3.05) is 33.4 Å². The van der Waals surface area contributed by atoms with Gasteiger partial charge in [0.25, 0.3) is 5.91 Å². The smallest absolute Gasteiger partial charge is 0.274 e. The first kappa shape index (κ1) is 18.3. The zero-order chi connectivity index (χ0) is 19.8. The third kappa shape index (κ3) is 3.20. The molecule has 7 heteroatoms. The Balaban J connectivity index is 1.68. The molecule has 2 aliphatic rings. The van der Waals surface area contributed by atoms with Crippen LogP contribution in [0.3, 0.4) is 0 Å². The molecule has 5 rings (SSSR count). The van der Waals surface area contributed by atoms with Crippen LogP contribution in [0.4, 0.5) is 0 Å². The molecule has 29 heavy (non-hydrogen) atoms. The minimum absolute atomic E-state index is 0.0221. The van der Waals surface area contributed by atoms with Gasteiger partial charge in [0.05, 0.1) is 31.7 Å². The highest BCUT2D eigenvalue weighted by molar-refractivity contribution is 7.98. The van der Waals surface area contributed by atoms with Crippen LogP contribution in [0.15, 0.2) is 53.4 Å². The second-order valence-electron chi connectivity index (χ2n) is 6.98. The van der Waals surface area contributed by atoms with Crippen LogP contribution in [0.2, 0.25) is 0 Å². The van der Waals surface area contributed by atoms with Gasteiger partial charge in [-0.1, -0.05) is 24.3 Å². The normalized spacial score (nSPS) is 15.6. The number of fused-ring (bicyclic) bond motifs is 3. The molecule has 0 aliphatic carbocycles. The van der Waals surface area contributed by atoms with Gasteiger partial charge in [-0.3, -0.25) is 4.79 Å². The SMILES string of the molecule is COc1cccc(-n2nc(C(=O)N3CCOCC3)c3c2-c2ccccc2SC3)c1. The predicted molar refractivity (Wildman–Crippen MR) is 112 cm³/mol. The van der Waals surface area contributed by atoms with E-state index in [9.17, 15) is 4.79 Å². The molecular weight excluding hydrogens is 386 g/mol. The Labute approximate surface area is 173 Å². The number of carbonyl (C=O) groups excluding carboxylic acids is 1. The molecule has 1 fully saturated rings. The number of nitrogens with zero attached hydrogens (tertiary/aromatic N) is 3. The number of morpholine rings is 1. The van der Waals surface area contributed by atoms with Crippen molar-refractivity contribution >= 4 is 17.7 Å². The molecule has 0 N–H and O–H groups in total. The first-order valence-electron chi connectivity index (χ1n) is 9.62. The van der Waals surface area contributed by atoms with Crippen molar-refractivity contribution in [1.29, 1.82) is 0 Å². The maximum absolute atomic E-state index is 13.3. The fourth-order valence-electron chi connectivity index (χ4n) is 3.82. The number of ether oxygens (including phenoxy) is 2. The van der Waals surface area contributed by atoms with E-state index in [0.717, 1.165) is 34.0 Å². The van der Waals surface area contributed by atoms with Crippen molar-refractivity contribution in [3.63, 3.8) is 0 Å². The van der Waals surface area contributed by atoms with Crippen molar-refractivity contribution in [1.82, 2.24) is 14.7 Å². The molecule has 0 bridgehead atoms.